The smallest absolute Gasteiger partial charge is 0.321 e. The predicted octanol–water partition coefficient (Wildman–Crippen LogP) is 6.42. The van der Waals surface area contributed by atoms with Gasteiger partial charge in [-0.05, 0) is 74.2 Å². The number of hydrogen-bond donors (Lipinski definition) is 1. The van der Waals surface area contributed by atoms with E-state index in [-0.39, 0.29) is 12.0 Å². The van der Waals surface area contributed by atoms with Crippen LogP contribution in [0.5, 0.6) is 0 Å². The zero-order chi connectivity index (χ0) is 28.9. The molecule has 1 saturated carbocycles. The molecule has 1 aromatic heterocycles. The molecule has 2 aromatic carbocycles. The number of nitrogens with zero attached hydrogens (tertiary/aromatic N) is 4. The number of aryl methyl sites for hydroxylation is 1. The summed E-state index contributed by atoms with van der Waals surface area (Å²) in [7, 11) is 0. The Hall–Kier alpha value is -2.96. The molecule has 1 aliphatic carbocycles. The van der Waals surface area contributed by atoms with Crippen LogP contribution in [-0.4, -0.2) is 69.4 Å². The highest BCUT2D eigenvalue weighted by atomic mass is 16.4. The van der Waals surface area contributed by atoms with Crippen molar-refractivity contribution in [1.29, 1.82) is 0 Å². The molecule has 0 spiro atoms. The van der Waals surface area contributed by atoms with Gasteiger partial charge in [0.1, 0.15) is 6.04 Å². The number of hydrogen-bond acceptors (Lipinski definition) is 4. The molecule has 2 aliphatic heterocycles. The Balaban J connectivity index is 1.13. The van der Waals surface area contributed by atoms with Crippen LogP contribution in [0, 0.1) is 11.8 Å². The number of carboxylic acid groups (broad SMARTS) is 1. The van der Waals surface area contributed by atoms with Crippen LogP contribution in [0.25, 0.3) is 0 Å². The third-order valence-electron chi connectivity index (χ3n) is 10.3. The molecule has 6 rings (SSSR count). The maximum Gasteiger partial charge on any atom is 0.321 e. The molecule has 224 valence electrons. The molecule has 1 N–H and O–H groups in total. The van der Waals surface area contributed by atoms with Gasteiger partial charge in [0.15, 0.2) is 0 Å². The molecule has 2 saturated heterocycles. The van der Waals surface area contributed by atoms with Crippen molar-refractivity contribution in [3.05, 3.63) is 89.2 Å². The van der Waals surface area contributed by atoms with E-state index in [9.17, 15) is 9.90 Å². The first-order chi connectivity index (χ1) is 20.6. The van der Waals surface area contributed by atoms with Gasteiger partial charge in [-0.1, -0.05) is 79.9 Å². The Kier molecular flexibility index (Phi) is 9.40. The molecular weight excluding hydrogens is 520 g/mol. The lowest BCUT2D eigenvalue weighted by Crippen LogP contribution is -2.46. The quantitative estimate of drug-likeness (QED) is 0.306. The largest absolute Gasteiger partial charge is 0.480 e. The van der Waals surface area contributed by atoms with Crippen molar-refractivity contribution in [2.45, 2.75) is 82.7 Å². The van der Waals surface area contributed by atoms with Crippen molar-refractivity contribution >= 4 is 5.97 Å². The fraction of sp³-hybridized carbons (Fsp3) is 0.556. The zero-order valence-corrected chi connectivity index (χ0v) is 25.3. The molecule has 0 radical (unpaired) electrons. The SMILES string of the molecule is CCn1cc(Cc2ccccc2)c(C2CCN(C[C@H]3CN([C@@H](C(=O)O)C4CCCCC4)C[C@@H]3c3ccccc3)CC2)n1. The minimum Gasteiger partial charge on any atom is -0.480 e. The van der Waals surface area contributed by atoms with E-state index in [0.717, 1.165) is 71.4 Å². The zero-order valence-electron chi connectivity index (χ0n) is 25.3. The number of carbonyl (C=O) groups is 1. The molecule has 6 nitrogen and oxygen atoms in total. The molecule has 3 atom stereocenters. The molecule has 3 aromatic rings. The second-order valence-electron chi connectivity index (χ2n) is 13.0. The van der Waals surface area contributed by atoms with Crippen molar-refractivity contribution in [2.75, 3.05) is 32.7 Å². The summed E-state index contributed by atoms with van der Waals surface area (Å²) in [5.74, 6) is 0.998. The molecule has 0 amide bonds. The van der Waals surface area contributed by atoms with Crippen molar-refractivity contribution in [3.63, 3.8) is 0 Å². The van der Waals surface area contributed by atoms with Crippen LogP contribution >= 0.6 is 0 Å². The number of aromatic nitrogens is 2. The molecule has 42 heavy (non-hydrogen) atoms. The summed E-state index contributed by atoms with van der Waals surface area (Å²) in [5.41, 5.74) is 5.38. The second kappa shape index (κ2) is 13.6. The van der Waals surface area contributed by atoms with Crippen LogP contribution in [0.1, 0.15) is 86.1 Å². The number of likely N-dealkylation sites (tertiary alicyclic amines) is 2. The maximum absolute atomic E-state index is 12.6. The van der Waals surface area contributed by atoms with E-state index in [0.29, 0.717) is 17.8 Å². The minimum atomic E-state index is -0.618. The third-order valence-corrected chi connectivity index (χ3v) is 10.3. The highest BCUT2D eigenvalue weighted by Gasteiger charge is 2.43. The highest BCUT2D eigenvalue weighted by Crippen LogP contribution is 2.39. The Bertz CT molecular complexity index is 1280. The van der Waals surface area contributed by atoms with Crippen molar-refractivity contribution in [1.82, 2.24) is 19.6 Å². The minimum absolute atomic E-state index is 0.287. The lowest BCUT2D eigenvalue weighted by Gasteiger charge is -2.35. The summed E-state index contributed by atoms with van der Waals surface area (Å²) in [5, 5.41) is 15.4. The van der Waals surface area contributed by atoms with Crippen LogP contribution in [0.2, 0.25) is 0 Å². The normalized spacial score (nSPS) is 23.7. The molecule has 3 fully saturated rings. The van der Waals surface area contributed by atoms with E-state index < -0.39 is 5.97 Å². The van der Waals surface area contributed by atoms with Gasteiger partial charge >= 0.3 is 5.97 Å². The van der Waals surface area contributed by atoms with E-state index in [1.54, 1.807) is 0 Å². The van der Waals surface area contributed by atoms with Gasteiger partial charge in [-0.3, -0.25) is 14.4 Å². The Labute approximate surface area is 251 Å². The van der Waals surface area contributed by atoms with Gasteiger partial charge < -0.3 is 10.0 Å². The van der Waals surface area contributed by atoms with Gasteiger partial charge in [0.05, 0.1) is 5.69 Å². The number of carboxylic acids is 1. The molecule has 0 unspecified atom stereocenters. The Morgan fingerprint density at radius 3 is 2.29 bits per heavy atom. The number of rotatable bonds is 10. The van der Waals surface area contributed by atoms with Crippen LogP contribution in [0.15, 0.2) is 66.9 Å². The van der Waals surface area contributed by atoms with E-state index in [1.165, 1.54) is 41.6 Å². The summed E-state index contributed by atoms with van der Waals surface area (Å²) < 4.78 is 2.11. The van der Waals surface area contributed by atoms with E-state index in [1.807, 2.05) is 0 Å². The topological polar surface area (TPSA) is 61.6 Å². The number of aliphatic carboxylic acids is 1. The van der Waals surface area contributed by atoms with Crippen LogP contribution in [0.3, 0.4) is 0 Å². The molecule has 3 aliphatic rings. The average Bonchev–Trinajstić information content (AvgIpc) is 3.63. The van der Waals surface area contributed by atoms with Gasteiger partial charge in [0, 0.05) is 50.6 Å². The standard InChI is InChI=1S/C36H48N4O2/c1-2-40-25-31(22-27-12-6-3-7-13-27)34(37-40)29-18-20-38(21-19-29)23-32-24-39(26-33(32)28-14-8-4-9-15-28)35(36(41)42)30-16-10-5-11-17-30/h3-4,6-9,12-15,25,29-30,32-33,35H,2,5,10-11,16-24,26H2,1H3,(H,41,42)/t32-,33+,35+/m0/s1. The summed E-state index contributed by atoms with van der Waals surface area (Å²) in [4.78, 5) is 17.6. The first-order valence-corrected chi connectivity index (χ1v) is 16.4. The van der Waals surface area contributed by atoms with Crippen LogP contribution in [0.4, 0.5) is 0 Å². The lowest BCUT2D eigenvalue weighted by atomic mass is 9.83. The van der Waals surface area contributed by atoms with Gasteiger partial charge in [-0.2, -0.15) is 5.10 Å². The Morgan fingerprint density at radius 2 is 1.62 bits per heavy atom. The molecule has 6 heteroatoms. The van der Waals surface area contributed by atoms with Crippen molar-refractivity contribution in [2.24, 2.45) is 11.8 Å². The second-order valence-corrected chi connectivity index (χ2v) is 13.0. The highest BCUT2D eigenvalue weighted by molar-refractivity contribution is 5.74. The summed E-state index contributed by atoms with van der Waals surface area (Å²) >= 11 is 0. The summed E-state index contributed by atoms with van der Waals surface area (Å²) in [6.07, 6.45) is 11.2. The fourth-order valence-corrected chi connectivity index (χ4v) is 8.16. The average molecular weight is 569 g/mol. The molecule has 0 bridgehead atoms. The Morgan fingerprint density at radius 1 is 0.929 bits per heavy atom. The predicted molar refractivity (Wildman–Crippen MR) is 168 cm³/mol. The first kappa shape index (κ1) is 29.1. The summed E-state index contributed by atoms with van der Waals surface area (Å²) in [6.45, 7) is 8.01. The van der Waals surface area contributed by atoms with Gasteiger partial charge in [-0.25, -0.2) is 0 Å². The monoisotopic (exact) mass is 568 g/mol. The molecular formula is C36H48N4O2. The summed E-state index contributed by atoms with van der Waals surface area (Å²) in [6, 6.07) is 21.3. The van der Waals surface area contributed by atoms with Gasteiger partial charge in [0.2, 0.25) is 0 Å². The third kappa shape index (κ3) is 6.65. The van der Waals surface area contributed by atoms with Crippen LogP contribution in [-0.2, 0) is 17.8 Å². The van der Waals surface area contributed by atoms with Crippen LogP contribution < -0.4 is 0 Å². The van der Waals surface area contributed by atoms with E-state index in [2.05, 4.69) is 88.3 Å². The molecule has 3 heterocycles. The van der Waals surface area contributed by atoms with Crippen molar-refractivity contribution in [3.8, 4) is 0 Å². The number of benzene rings is 2. The first-order valence-electron chi connectivity index (χ1n) is 16.4. The fourth-order valence-electron chi connectivity index (χ4n) is 8.16. The number of piperidine rings is 1. The van der Waals surface area contributed by atoms with E-state index in [4.69, 9.17) is 5.10 Å². The van der Waals surface area contributed by atoms with Crippen molar-refractivity contribution < 1.29 is 9.90 Å². The lowest BCUT2D eigenvalue weighted by molar-refractivity contribution is -0.145. The maximum atomic E-state index is 12.6. The van der Waals surface area contributed by atoms with E-state index >= 15 is 0 Å². The van der Waals surface area contributed by atoms with Gasteiger partial charge in [0.25, 0.3) is 0 Å². The van der Waals surface area contributed by atoms with Gasteiger partial charge in [-0.15, -0.1) is 0 Å².